The number of piperidine rings is 1. The van der Waals surface area contributed by atoms with E-state index >= 15 is 0 Å². The average Bonchev–Trinajstić information content (AvgIpc) is 3.62. The van der Waals surface area contributed by atoms with Crippen molar-refractivity contribution in [3.8, 4) is 0 Å². The molecule has 0 spiro atoms. The number of aromatic nitrogens is 4. The summed E-state index contributed by atoms with van der Waals surface area (Å²) >= 11 is 1.85. The quantitative estimate of drug-likeness (QED) is 0.248. The minimum Gasteiger partial charge on any atom is -0.339 e. The number of hydrogen-bond donors (Lipinski definition) is 1. The van der Waals surface area contributed by atoms with Gasteiger partial charge in [-0.25, -0.2) is 14.2 Å². The molecule has 12 heteroatoms. The number of fused-ring (bicyclic) bond motifs is 1. The number of carbonyl (C=O) groups excluding carboxylic acids is 2. The molecule has 2 aliphatic heterocycles. The molecule has 40 heavy (non-hydrogen) atoms. The third kappa shape index (κ3) is 5.23. The number of nitrogens with zero attached hydrogens (tertiary/aromatic N) is 6. The number of anilines is 1. The summed E-state index contributed by atoms with van der Waals surface area (Å²) in [5.41, 5.74) is 6.49. The fourth-order valence-electron chi connectivity index (χ4n) is 5.36. The van der Waals surface area contributed by atoms with Crippen molar-refractivity contribution in [1.29, 1.82) is 0 Å². The first kappa shape index (κ1) is 27.9. The number of Topliss-reactive ketones (excluding diaryl/α,β-unsaturated/α-hetero) is 1. The highest BCUT2D eigenvalue weighted by Gasteiger charge is 2.40. The first-order valence-corrected chi connectivity index (χ1v) is 14.4. The van der Waals surface area contributed by atoms with E-state index in [1.165, 1.54) is 0 Å². The summed E-state index contributed by atoms with van der Waals surface area (Å²) in [6, 6.07) is 8.45. The number of hydrogen-bond acceptors (Lipinski definition) is 9. The number of imidazole rings is 1. The lowest BCUT2D eigenvalue weighted by atomic mass is 9.98. The van der Waals surface area contributed by atoms with Crippen molar-refractivity contribution in [2.24, 2.45) is 5.73 Å². The average molecular weight is 564 g/mol. The monoisotopic (exact) mass is 563 g/mol. The minimum atomic E-state index is -0.829. The van der Waals surface area contributed by atoms with Gasteiger partial charge in [0.1, 0.15) is 5.94 Å². The van der Waals surface area contributed by atoms with Crippen LogP contribution in [0.3, 0.4) is 0 Å². The second kappa shape index (κ2) is 11.4. The molecule has 2 aromatic heterocycles. The fourth-order valence-corrected chi connectivity index (χ4v) is 6.44. The highest BCUT2D eigenvalue weighted by molar-refractivity contribution is 7.99. The lowest BCUT2D eigenvalue weighted by Crippen LogP contribution is -2.64. The normalized spacial score (nSPS) is 19.5. The zero-order valence-electron chi connectivity index (χ0n) is 22.7. The van der Waals surface area contributed by atoms with Crippen LogP contribution in [0.15, 0.2) is 51.6 Å². The predicted molar refractivity (Wildman–Crippen MR) is 157 cm³/mol. The molecule has 1 unspecified atom stereocenters. The molecule has 2 saturated heterocycles. The third-order valence-corrected chi connectivity index (χ3v) is 8.44. The van der Waals surface area contributed by atoms with Crippen molar-refractivity contribution in [3.63, 3.8) is 0 Å². The molecule has 1 atom stereocenters. The van der Waals surface area contributed by atoms with Gasteiger partial charge in [-0.05, 0) is 26.7 Å². The molecule has 0 saturated carbocycles. The molecule has 210 valence electrons. The van der Waals surface area contributed by atoms with Gasteiger partial charge in [-0.3, -0.25) is 19.1 Å². The fraction of sp³-hybridized carbons (Fsp3) is 0.429. The molecule has 0 amide bonds. The lowest BCUT2D eigenvalue weighted by molar-refractivity contribution is 0.0969. The number of rotatable bonds is 8. The van der Waals surface area contributed by atoms with Gasteiger partial charge in [0.25, 0.3) is 5.56 Å². The summed E-state index contributed by atoms with van der Waals surface area (Å²) in [6.45, 7) is 5.83. The van der Waals surface area contributed by atoms with Crippen LogP contribution in [0.2, 0.25) is 0 Å². The predicted octanol–water partition coefficient (Wildman–Crippen LogP) is 1.77. The van der Waals surface area contributed by atoms with Crippen LogP contribution in [-0.2, 0) is 17.9 Å². The van der Waals surface area contributed by atoms with Gasteiger partial charge < -0.3 is 15.2 Å². The van der Waals surface area contributed by atoms with Crippen molar-refractivity contribution in [1.82, 2.24) is 23.6 Å². The maximum Gasteiger partial charge on any atom is 0.337 e. The largest absolute Gasteiger partial charge is 0.339 e. The van der Waals surface area contributed by atoms with Gasteiger partial charge in [0.2, 0.25) is 5.95 Å². The highest BCUT2D eigenvalue weighted by atomic mass is 32.2. The van der Waals surface area contributed by atoms with Crippen molar-refractivity contribution in [2.45, 2.75) is 45.4 Å². The van der Waals surface area contributed by atoms with E-state index < -0.39 is 29.2 Å². The highest BCUT2D eigenvalue weighted by Crippen LogP contribution is 2.31. The molecular formula is C28H33N7O4S. The Labute approximate surface area is 235 Å². The van der Waals surface area contributed by atoms with Gasteiger partial charge in [0.05, 0.1) is 25.0 Å². The van der Waals surface area contributed by atoms with Crippen LogP contribution >= 0.6 is 11.8 Å². The standard InChI is InChI=1S/C28H33N7O4S/c1-20(2)9-12-33-23-24(30-26(33)31-11-6-10-28(29,18-31)32-14-16-40-19-32)34(13-15-36)27(39)35(25(23)38)17-22(37)21-7-4-3-5-8-21/h3-5,7-9,13H,6,10-12,14,16-19,29H2,1-2H3. The Kier molecular flexibility index (Phi) is 7.95. The zero-order valence-corrected chi connectivity index (χ0v) is 23.5. The molecule has 0 bridgehead atoms. The molecule has 11 nitrogen and oxygen atoms in total. The van der Waals surface area contributed by atoms with Crippen LogP contribution in [0.1, 0.15) is 37.0 Å². The Bertz CT molecular complexity index is 1620. The van der Waals surface area contributed by atoms with E-state index in [0.717, 1.165) is 51.9 Å². The molecule has 3 aromatic rings. The summed E-state index contributed by atoms with van der Waals surface area (Å²) in [6.07, 6.45) is 4.55. The zero-order chi connectivity index (χ0) is 28.4. The summed E-state index contributed by atoms with van der Waals surface area (Å²) in [5, 5.41) is 0. The third-order valence-electron chi connectivity index (χ3n) is 7.47. The number of allylic oxidation sites excluding steroid dienone is 2. The van der Waals surface area contributed by atoms with Crippen LogP contribution in [-0.4, -0.2) is 72.2 Å². The van der Waals surface area contributed by atoms with E-state index in [1.54, 1.807) is 40.8 Å². The van der Waals surface area contributed by atoms with Crippen LogP contribution in [0.25, 0.3) is 17.4 Å². The molecule has 4 heterocycles. The maximum absolute atomic E-state index is 13.9. The summed E-state index contributed by atoms with van der Waals surface area (Å²) in [5.74, 6) is 3.63. The van der Waals surface area contributed by atoms with E-state index in [9.17, 15) is 19.2 Å². The van der Waals surface area contributed by atoms with Gasteiger partial charge in [-0.15, -0.1) is 11.8 Å². The van der Waals surface area contributed by atoms with Crippen molar-refractivity contribution < 1.29 is 9.59 Å². The first-order chi connectivity index (χ1) is 19.2. The van der Waals surface area contributed by atoms with Crippen molar-refractivity contribution in [2.75, 3.05) is 36.2 Å². The van der Waals surface area contributed by atoms with E-state index in [0.29, 0.717) is 31.1 Å². The van der Waals surface area contributed by atoms with Crippen LogP contribution in [0.5, 0.6) is 0 Å². The first-order valence-electron chi connectivity index (χ1n) is 13.3. The van der Waals surface area contributed by atoms with Crippen LogP contribution < -0.4 is 21.9 Å². The van der Waals surface area contributed by atoms with Gasteiger partial charge in [-0.1, -0.05) is 42.0 Å². The Hall–Kier alpha value is -3.70. The molecular weight excluding hydrogens is 530 g/mol. The number of nitrogens with two attached hydrogens (primary N) is 1. The lowest BCUT2D eigenvalue weighted by Gasteiger charge is -2.45. The van der Waals surface area contributed by atoms with E-state index in [4.69, 9.17) is 10.7 Å². The molecule has 0 aliphatic carbocycles. The number of thioether (sulfide) groups is 1. The molecule has 1 aromatic carbocycles. The van der Waals surface area contributed by atoms with E-state index in [1.807, 2.05) is 31.7 Å². The van der Waals surface area contributed by atoms with Crippen molar-refractivity contribution >= 4 is 46.8 Å². The van der Waals surface area contributed by atoms with Gasteiger partial charge in [0, 0.05) is 36.8 Å². The topological polar surface area (TPSA) is 128 Å². The van der Waals surface area contributed by atoms with Gasteiger partial charge in [0.15, 0.2) is 16.9 Å². The SMILES string of the molecule is CC(C)=CCn1c(N2CCCC(N)(N3CCSC3)C2)nc2c1c(=O)n(CC(=O)c1ccccc1)c(=O)n2C=C=O. The molecule has 0 radical (unpaired) electrons. The Balaban J connectivity index is 1.68. The Morgan fingerprint density at radius 2 is 1.95 bits per heavy atom. The van der Waals surface area contributed by atoms with E-state index in [2.05, 4.69) is 9.80 Å². The number of benzene rings is 1. The molecule has 5 rings (SSSR count). The molecule has 2 N–H and O–H groups in total. The second-order valence-corrected chi connectivity index (χ2v) is 11.6. The van der Waals surface area contributed by atoms with Crippen molar-refractivity contribution in [3.05, 3.63) is 68.4 Å². The smallest absolute Gasteiger partial charge is 0.337 e. The van der Waals surface area contributed by atoms with E-state index in [-0.39, 0.29) is 11.2 Å². The van der Waals surface area contributed by atoms with Crippen LogP contribution in [0, 0.1) is 0 Å². The summed E-state index contributed by atoms with van der Waals surface area (Å²) in [7, 11) is 0. The molecule has 2 fully saturated rings. The summed E-state index contributed by atoms with van der Waals surface area (Å²) < 4.78 is 3.62. The minimum absolute atomic E-state index is 0.0452. The Morgan fingerprint density at radius 1 is 1.18 bits per heavy atom. The Morgan fingerprint density at radius 3 is 2.62 bits per heavy atom. The number of carbonyl (C=O) groups is 1. The second-order valence-electron chi connectivity index (χ2n) is 10.5. The van der Waals surface area contributed by atoms with Gasteiger partial charge in [-0.2, -0.15) is 4.98 Å². The summed E-state index contributed by atoms with van der Waals surface area (Å²) in [4.78, 5) is 61.0. The number of ketones is 1. The molecule has 2 aliphatic rings. The maximum atomic E-state index is 13.9. The van der Waals surface area contributed by atoms with Gasteiger partial charge >= 0.3 is 5.69 Å². The van der Waals surface area contributed by atoms with Crippen LogP contribution in [0.4, 0.5) is 5.95 Å².